The average Bonchev–Trinajstić information content (AvgIpc) is 2.76. The fourth-order valence-electron chi connectivity index (χ4n) is 5.56. The highest BCUT2D eigenvalue weighted by Crippen LogP contribution is 2.42. The van der Waals surface area contributed by atoms with Crippen LogP contribution in [0, 0.1) is 41.3 Å². The van der Waals surface area contributed by atoms with Crippen molar-refractivity contribution in [2.45, 2.75) is 104 Å². The van der Waals surface area contributed by atoms with Crippen LogP contribution in [0.5, 0.6) is 0 Å². The number of aryl methyl sites for hydroxylation is 1. The van der Waals surface area contributed by atoms with Gasteiger partial charge in [-0.2, -0.15) is 0 Å². The van der Waals surface area contributed by atoms with Gasteiger partial charge in [-0.15, -0.1) is 0 Å². The van der Waals surface area contributed by atoms with Crippen molar-refractivity contribution in [1.82, 2.24) is 0 Å². The molecule has 0 bridgehead atoms. The second kappa shape index (κ2) is 11.8. The topological polar surface area (TPSA) is 0 Å². The van der Waals surface area contributed by atoms with Crippen LogP contribution in [0.25, 0.3) is 0 Å². The SMILES string of the molecule is CCCCc1ccc(C#CC2CCC(C3CCC(CCCC)CC3)CC2)cc1F. The molecular weight excluding hydrogens is 355 g/mol. The number of benzene rings is 1. The minimum absolute atomic E-state index is 0.0801. The molecule has 1 heteroatoms. The Morgan fingerprint density at radius 3 is 2.14 bits per heavy atom. The van der Waals surface area contributed by atoms with Crippen molar-refractivity contribution < 1.29 is 4.39 Å². The number of halogens is 1. The van der Waals surface area contributed by atoms with Crippen molar-refractivity contribution in [1.29, 1.82) is 0 Å². The summed E-state index contributed by atoms with van der Waals surface area (Å²) >= 11 is 0. The molecule has 2 saturated carbocycles. The Morgan fingerprint density at radius 1 is 0.862 bits per heavy atom. The van der Waals surface area contributed by atoms with Gasteiger partial charge >= 0.3 is 0 Å². The Bertz CT molecular complexity index is 663. The number of rotatable bonds is 7. The van der Waals surface area contributed by atoms with Crippen LogP contribution in [0.2, 0.25) is 0 Å². The largest absolute Gasteiger partial charge is 0.207 e. The Balaban J connectivity index is 1.43. The molecule has 0 saturated heterocycles. The molecule has 29 heavy (non-hydrogen) atoms. The molecule has 0 unspecified atom stereocenters. The van der Waals surface area contributed by atoms with Gasteiger partial charge in [-0.25, -0.2) is 4.39 Å². The van der Waals surface area contributed by atoms with E-state index in [1.54, 1.807) is 6.07 Å². The summed E-state index contributed by atoms with van der Waals surface area (Å²) in [6.45, 7) is 4.46. The van der Waals surface area contributed by atoms with E-state index in [1.807, 2.05) is 12.1 Å². The van der Waals surface area contributed by atoms with Gasteiger partial charge in [0.1, 0.15) is 5.82 Å². The van der Waals surface area contributed by atoms with E-state index in [9.17, 15) is 4.39 Å². The lowest BCUT2D eigenvalue weighted by Crippen LogP contribution is -2.25. The highest BCUT2D eigenvalue weighted by Gasteiger charge is 2.30. The summed E-state index contributed by atoms with van der Waals surface area (Å²) in [4.78, 5) is 0. The summed E-state index contributed by atoms with van der Waals surface area (Å²) in [6.07, 6.45) is 18.3. The first-order chi connectivity index (χ1) is 14.2. The van der Waals surface area contributed by atoms with E-state index < -0.39 is 0 Å². The highest BCUT2D eigenvalue weighted by molar-refractivity contribution is 5.37. The van der Waals surface area contributed by atoms with Crippen LogP contribution in [-0.4, -0.2) is 0 Å². The molecule has 0 amide bonds. The second-order valence-corrected chi connectivity index (χ2v) is 9.71. The van der Waals surface area contributed by atoms with Crippen molar-refractivity contribution in [3.05, 3.63) is 35.1 Å². The molecule has 0 spiro atoms. The summed E-state index contributed by atoms with van der Waals surface area (Å²) in [7, 11) is 0. The molecule has 0 radical (unpaired) electrons. The predicted molar refractivity (Wildman–Crippen MR) is 122 cm³/mol. The van der Waals surface area contributed by atoms with Gasteiger partial charge in [-0.3, -0.25) is 0 Å². The third kappa shape index (κ3) is 6.87. The van der Waals surface area contributed by atoms with Gasteiger partial charge < -0.3 is 0 Å². The fraction of sp³-hybridized carbons (Fsp3) is 0.714. The zero-order chi connectivity index (χ0) is 20.5. The van der Waals surface area contributed by atoms with Crippen molar-refractivity contribution in [2.24, 2.45) is 23.7 Å². The smallest absolute Gasteiger partial charge is 0.127 e. The molecule has 2 fully saturated rings. The van der Waals surface area contributed by atoms with E-state index >= 15 is 0 Å². The minimum atomic E-state index is -0.0801. The molecule has 160 valence electrons. The molecular formula is C28H41F. The third-order valence-electron chi connectivity index (χ3n) is 7.57. The summed E-state index contributed by atoms with van der Waals surface area (Å²) in [5.74, 6) is 10.1. The van der Waals surface area contributed by atoms with Gasteiger partial charge in [0.15, 0.2) is 0 Å². The van der Waals surface area contributed by atoms with Gasteiger partial charge in [-0.1, -0.05) is 70.3 Å². The first-order valence-corrected chi connectivity index (χ1v) is 12.5. The second-order valence-electron chi connectivity index (χ2n) is 9.71. The van der Waals surface area contributed by atoms with E-state index in [0.717, 1.165) is 48.1 Å². The van der Waals surface area contributed by atoms with Crippen LogP contribution in [0.4, 0.5) is 4.39 Å². The number of unbranched alkanes of at least 4 members (excludes halogenated alkanes) is 2. The first kappa shape index (κ1) is 22.4. The Kier molecular flexibility index (Phi) is 9.10. The number of hydrogen-bond donors (Lipinski definition) is 0. The van der Waals surface area contributed by atoms with E-state index in [1.165, 1.54) is 70.6 Å². The molecule has 0 aliphatic heterocycles. The van der Waals surface area contributed by atoms with E-state index in [4.69, 9.17) is 0 Å². The van der Waals surface area contributed by atoms with Crippen LogP contribution in [0.1, 0.15) is 108 Å². The lowest BCUT2D eigenvalue weighted by Gasteiger charge is -2.37. The third-order valence-corrected chi connectivity index (χ3v) is 7.57. The maximum Gasteiger partial charge on any atom is 0.127 e. The number of hydrogen-bond acceptors (Lipinski definition) is 0. The molecule has 1 aromatic carbocycles. The molecule has 0 heterocycles. The summed E-state index contributed by atoms with van der Waals surface area (Å²) in [5, 5.41) is 0. The van der Waals surface area contributed by atoms with Crippen molar-refractivity contribution >= 4 is 0 Å². The van der Waals surface area contributed by atoms with Crippen LogP contribution in [0.3, 0.4) is 0 Å². The molecule has 0 atom stereocenters. The Morgan fingerprint density at radius 2 is 1.52 bits per heavy atom. The van der Waals surface area contributed by atoms with Crippen LogP contribution in [-0.2, 0) is 6.42 Å². The lowest BCUT2D eigenvalue weighted by molar-refractivity contribution is 0.153. The van der Waals surface area contributed by atoms with Crippen LogP contribution >= 0.6 is 0 Å². The predicted octanol–water partition coefficient (Wildman–Crippen LogP) is 8.32. The monoisotopic (exact) mass is 396 g/mol. The lowest BCUT2D eigenvalue weighted by atomic mass is 9.69. The van der Waals surface area contributed by atoms with Gasteiger partial charge in [0, 0.05) is 11.5 Å². The average molecular weight is 397 g/mol. The first-order valence-electron chi connectivity index (χ1n) is 12.5. The summed E-state index contributed by atoms with van der Waals surface area (Å²) < 4.78 is 14.2. The quantitative estimate of drug-likeness (QED) is 0.406. The van der Waals surface area contributed by atoms with Crippen LogP contribution < -0.4 is 0 Å². The molecule has 1 aromatic rings. The summed E-state index contributed by atoms with van der Waals surface area (Å²) in [6, 6.07) is 5.58. The highest BCUT2D eigenvalue weighted by atomic mass is 19.1. The normalized spacial score (nSPS) is 27.3. The maximum atomic E-state index is 14.2. The van der Waals surface area contributed by atoms with E-state index in [-0.39, 0.29) is 5.82 Å². The molecule has 0 N–H and O–H groups in total. The van der Waals surface area contributed by atoms with Gasteiger partial charge in [0.25, 0.3) is 0 Å². The van der Waals surface area contributed by atoms with E-state index in [2.05, 4.69) is 25.7 Å². The van der Waals surface area contributed by atoms with Crippen LogP contribution in [0.15, 0.2) is 18.2 Å². The van der Waals surface area contributed by atoms with Gasteiger partial charge in [-0.05, 0) is 86.8 Å². The Labute approximate surface area is 179 Å². The fourth-order valence-corrected chi connectivity index (χ4v) is 5.56. The zero-order valence-electron chi connectivity index (χ0n) is 18.8. The zero-order valence-corrected chi connectivity index (χ0v) is 18.8. The molecule has 0 nitrogen and oxygen atoms in total. The standard InChI is InChI=1S/C28H41F/c1-3-5-7-22-11-16-25(17-12-22)26-18-13-23(14-19-26)9-10-24-15-20-27(8-6-4-2)28(29)21-24/h15,20-23,25-26H,3-8,11-14,16-19H2,1-2H3. The summed E-state index contributed by atoms with van der Waals surface area (Å²) in [5.41, 5.74) is 1.68. The van der Waals surface area contributed by atoms with E-state index in [0.29, 0.717) is 5.92 Å². The maximum absolute atomic E-state index is 14.2. The molecule has 0 aromatic heterocycles. The Hall–Kier alpha value is -1.29. The van der Waals surface area contributed by atoms with Crippen molar-refractivity contribution in [3.8, 4) is 11.8 Å². The minimum Gasteiger partial charge on any atom is -0.207 e. The molecule has 3 rings (SSSR count). The molecule has 2 aliphatic carbocycles. The van der Waals surface area contributed by atoms with Crippen molar-refractivity contribution in [3.63, 3.8) is 0 Å². The van der Waals surface area contributed by atoms with Crippen molar-refractivity contribution in [2.75, 3.05) is 0 Å². The molecule has 2 aliphatic rings. The van der Waals surface area contributed by atoms with Gasteiger partial charge in [0.05, 0.1) is 0 Å². The van der Waals surface area contributed by atoms with Gasteiger partial charge in [0.2, 0.25) is 0 Å².